The fourth-order valence-electron chi connectivity index (χ4n) is 3.49. The molecule has 1 N–H and O–H groups in total. The van der Waals surface area contributed by atoms with Crippen LogP contribution < -0.4 is 5.32 Å². The summed E-state index contributed by atoms with van der Waals surface area (Å²) in [6, 6.07) is 11.9. The van der Waals surface area contributed by atoms with Crippen molar-refractivity contribution in [2.75, 3.05) is 39.8 Å². The molecule has 1 aliphatic heterocycles. The largest absolute Gasteiger partial charge is 0.350 e. The smallest absolute Gasteiger partial charge is 0.251 e. The van der Waals surface area contributed by atoms with Crippen LogP contribution in [-0.2, 0) is 0 Å². The molecule has 3 aromatic rings. The number of amides is 1. The van der Waals surface area contributed by atoms with Crippen LogP contribution in [0.3, 0.4) is 0 Å². The van der Waals surface area contributed by atoms with Crippen molar-refractivity contribution in [1.29, 1.82) is 0 Å². The molecule has 1 aliphatic rings. The normalized spacial score (nSPS) is 16.9. The zero-order chi connectivity index (χ0) is 19.5. The summed E-state index contributed by atoms with van der Waals surface area (Å²) < 4.78 is 21.7. The predicted octanol–water partition coefficient (Wildman–Crippen LogP) is 2.55. The molecule has 4 rings (SSSR count). The molecule has 146 valence electrons. The Labute approximate surface area is 167 Å². The summed E-state index contributed by atoms with van der Waals surface area (Å²) in [5.41, 5.74) is 3.09. The number of aromatic nitrogens is 2. The molecule has 1 atom stereocenters. The second kappa shape index (κ2) is 8.30. The van der Waals surface area contributed by atoms with Crippen LogP contribution in [0.1, 0.15) is 22.0 Å². The van der Waals surface area contributed by atoms with Gasteiger partial charge in [0.25, 0.3) is 5.91 Å². The van der Waals surface area contributed by atoms with Crippen molar-refractivity contribution in [3.63, 3.8) is 0 Å². The van der Waals surface area contributed by atoms with Crippen molar-refractivity contribution in [3.8, 4) is 0 Å². The van der Waals surface area contributed by atoms with E-state index in [9.17, 15) is 9.18 Å². The number of nitrogens with zero attached hydrogens (tertiary/aromatic N) is 4. The van der Waals surface area contributed by atoms with Crippen LogP contribution >= 0.6 is 11.7 Å². The Bertz CT molecular complexity index is 953. The highest BCUT2D eigenvalue weighted by Gasteiger charge is 2.24. The van der Waals surface area contributed by atoms with Crippen LogP contribution in [0.5, 0.6) is 0 Å². The van der Waals surface area contributed by atoms with Gasteiger partial charge in [-0.25, -0.2) is 4.39 Å². The maximum atomic E-state index is 13.4. The number of nitrogens with one attached hydrogen (secondary N) is 1. The SMILES string of the molecule is CN1CCN([C@@H](CNC(=O)c2ccc3nsnc3c2)c2ccc(F)cc2)CC1. The molecule has 8 heteroatoms. The Morgan fingerprint density at radius 2 is 1.82 bits per heavy atom. The number of benzene rings is 2. The van der Waals surface area contributed by atoms with Crippen molar-refractivity contribution < 1.29 is 9.18 Å². The molecule has 0 unspecified atom stereocenters. The Kier molecular flexibility index (Phi) is 5.61. The number of rotatable bonds is 5. The summed E-state index contributed by atoms with van der Waals surface area (Å²) in [6.45, 7) is 4.22. The van der Waals surface area contributed by atoms with Crippen molar-refractivity contribution in [1.82, 2.24) is 23.9 Å². The van der Waals surface area contributed by atoms with Gasteiger partial charge in [-0.2, -0.15) is 8.75 Å². The highest BCUT2D eigenvalue weighted by Crippen LogP contribution is 2.22. The zero-order valence-corrected chi connectivity index (χ0v) is 16.5. The van der Waals surface area contributed by atoms with Crippen molar-refractivity contribution in [3.05, 3.63) is 59.4 Å². The third kappa shape index (κ3) is 4.19. The molecule has 1 amide bonds. The Hall–Kier alpha value is -2.42. The summed E-state index contributed by atoms with van der Waals surface area (Å²) in [4.78, 5) is 17.3. The van der Waals surface area contributed by atoms with Gasteiger partial charge in [-0.1, -0.05) is 12.1 Å². The molecule has 0 saturated carbocycles. The summed E-state index contributed by atoms with van der Waals surface area (Å²) >= 11 is 1.14. The zero-order valence-electron chi connectivity index (χ0n) is 15.6. The fourth-order valence-corrected chi connectivity index (χ4v) is 4.01. The van der Waals surface area contributed by atoms with Gasteiger partial charge in [-0.05, 0) is 42.9 Å². The van der Waals surface area contributed by atoms with Crippen LogP contribution in [0.25, 0.3) is 11.0 Å². The number of hydrogen-bond donors (Lipinski definition) is 1. The first-order chi connectivity index (χ1) is 13.6. The molecule has 28 heavy (non-hydrogen) atoms. The third-order valence-electron chi connectivity index (χ3n) is 5.21. The molecule has 1 aromatic heterocycles. The molecular weight excluding hydrogens is 377 g/mol. The van der Waals surface area contributed by atoms with Crippen molar-refractivity contribution in [2.45, 2.75) is 6.04 Å². The van der Waals surface area contributed by atoms with Crippen LogP contribution in [0.2, 0.25) is 0 Å². The number of hydrogen-bond acceptors (Lipinski definition) is 6. The first kappa shape index (κ1) is 18.9. The van der Waals surface area contributed by atoms with E-state index >= 15 is 0 Å². The van der Waals surface area contributed by atoms with Crippen LogP contribution in [0, 0.1) is 5.82 Å². The van der Waals surface area contributed by atoms with E-state index in [1.807, 2.05) is 6.07 Å². The molecular formula is C20H22FN5OS. The topological polar surface area (TPSA) is 61.4 Å². The van der Waals surface area contributed by atoms with E-state index < -0.39 is 0 Å². The van der Waals surface area contributed by atoms with Crippen LogP contribution in [0.4, 0.5) is 4.39 Å². The summed E-state index contributed by atoms with van der Waals surface area (Å²) in [7, 11) is 2.11. The van der Waals surface area contributed by atoms with Gasteiger partial charge in [0.05, 0.1) is 17.8 Å². The van der Waals surface area contributed by atoms with Gasteiger partial charge in [-0.15, -0.1) is 0 Å². The van der Waals surface area contributed by atoms with Gasteiger partial charge in [0.15, 0.2) is 0 Å². The molecule has 0 spiro atoms. The maximum absolute atomic E-state index is 13.4. The molecule has 6 nitrogen and oxygen atoms in total. The monoisotopic (exact) mass is 399 g/mol. The lowest BCUT2D eigenvalue weighted by atomic mass is 10.0. The van der Waals surface area contributed by atoms with Crippen LogP contribution in [0.15, 0.2) is 42.5 Å². The van der Waals surface area contributed by atoms with E-state index in [4.69, 9.17) is 0 Å². The van der Waals surface area contributed by atoms with Gasteiger partial charge in [-0.3, -0.25) is 9.69 Å². The van der Waals surface area contributed by atoms with E-state index in [1.165, 1.54) is 12.1 Å². The number of halogens is 1. The Balaban J connectivity index is 1.49. The lowest BCUT2D eigenvalue weighted by Crippen LogP contribution is -2.48. The van der Waals surface area contributed by atoms with Crippen molar-refractivity contribution in [2.24, 2.45) is 0 Å². The Morgan fingerprint density at radius 1 is 1.11 bits per heavy atom. The number of carbonyl (C=O) groups excluding carboxylic acids is 1. The lowest BCUT2D eigenvalue weighted by molar-refractivity contribution is 0.0886. The minimum absolute atomic E-state index is 0.00270. The number of piperazine rings is 1. The minimum atomic E-state index is -0.255. The van der Waals surface area contributed by atoms with Gasteiger partial charge in [0.2, 0.25) is 0 Å². The average molecular weight is 399 g/mol. The molecule has 2 aromatic carbocycles. The third-order valence-corrected chi connectivity index (χ3v) is 5.76. The standard InChI is InChI=1S/C20H22FN5OS/c1-25-8-10-26(11-9-25)19(14-2-5-16(21)6-3-14)13-22-20(27)15-4-7-17-18(12-15)24-28-23-17/h2-7,12,19H,8-11,13H2,1H3,(H,22,27)/t19-/m0/s1. The van der Waals surface area contributed by atoms with E-state index in [0.717, 1.165) is 54.5 Å². The molecule has 0 bridgehead atoms. The van der Waals surface area contributed by atoms with Gasteiger partial charge in [0, 0.05) is 38.3 Å². The number of fused-ring (bicyclic) bond motifs is 1. The van der Waals surface area contributed by atoms with E-state index in [1.54, 1.807) is 24.3 Å². The number of carbonyl (C=O) groups is 1. The number of likely N-dealkylation sites (N-methyl/N-ethyl adjacent to an activating group) is 1. The highest BCUT2D eigenvalue weighted by molar-refractivity contribution is 7.00. The first-order valence-corrected chi connectivity index (χ1v) is 10.0. The molecule has 1 saturated heterocycles. The van der Waals surface area contributed by atoms with Gasteiger partial charge in [0.1, 0.15) is 16.9 Å². The Morgan fingerprint density at radius 3 is 2.57 bits per heavy atom. The van der Waals surface area contributed by atoms with Crippen LogP contribution in [-0.4, -0.2) is 64.2 Å². The van der Waals surface area contributed by atoms with Gasteiger partial charge < -0.3 is 10.2 Å². The fraction of sp³-hybridized carbons (Fsp3) is 0.350. The van der Waals surface area contributed by atoms with E-state index in [0.29, 0.717) is 12.1 Å². The van der Waals surface area contributed by atoms with Crippen molar-refractivity contribution >= 4 is 28.7 Å². The van der Waals surface area contributed by atoms with Gasteiger partial charge >= 0.3 is 0 Å². The maximum Gasteiger partial charge on any atom is 0.251 e. The van der Waals surface area contributed by atoms with E-state index in [2.05, 4.69) is 30.9 Å². The molecule has 1 fully saturated rings. The summed E-state index contributed by atoms with van der Waals surface area (Å²) in [6.07, 6.45) is 0. The second-order valence-electron chi connectivity index (χ2n) is 7.08. The van der Waals surface area contributed by atoms with E-state index in [-0.39, 0.29) is 17.8 Å². The first-order valence-electron chi connectivity index (χ1n) is 9.29. The highest BCUT2D eigenvalue weighted by atomic mass is 32.1. The molecule has 2 heterocycles. The average Bonchev–Trinajstić information content (AvgIpc) is 3.18. The summed E-state index contributed by atoms with van der Waals surface area (Å²) in [5.74, 6) is -0.397. The molecule has 0 aliphatic carbocycles. The second-order valence-corrected chi connectivity index (χ2v) is 7.61. The lowest BCUT2D eigenvalue weighted by Gasteiger charge is -2.38. The predicted molar refractivity (Wildman–Crippen MR) is 108 cm³/mol. The molecule has 0 radical (unpaired) electrons. The quantitative estimate of drug-likeness (QED) is 0.715. The summed E-state index contributed by atoms with van der Waals surface area (Å²) in [5, 5.41) is 3.04. The minimum Gasteiger partial charge on any atom is -0.350 e.